The quantitative estimate of drug-likeness (QED) is 0.837. The third-order valence-corrected chi connectivity index (χ3v) is 2.85. The zero-order valence-electron chi connectivity index (χ0n) is 12.5. The number of alkyl carbamates (subject to hydrolysis) is 1. The lowest BCUT2D eigenvalue weighted by Gasteiger charge is -2.23. The Morgan fingerprint density at radius 3 is 2.57 bits per heavy atom. The fourth-order valence-electron chi connectivity index (χ4n) is 1.57. The second-order valence-corrected chi connectivity index (χ2v) is 6.33. The second kappa shape index (κ2) is 7.40. The van der Waals surface area contributed by atoms with Crippen molar-refractivity contribution in [3.63, 3.8) is 0 Å². The number of nitrogens with zero attached hydrogens (tertiary/aromatic N) is 1. The average molecular weight is 359 g/mol. The molecule has 0 aliphatic carbocycles. The first kappa shape index (κ1) is 17.4. The van der Waals surface area contributed by atoms with E-state index >= 15 is 0 Å². The molecule has 1 atom stereocenters. The van der Waals surface area contributed by atoms with Gasteiger partial charge in [-0.3, -0.25) is 9.78 Å². The normalized spacial score (nSPS) is 12.4. The van der Waals surface area contributed by atoms with Gasteiger partial charge in [0.2, 0.25) is 0 Å². The van der Waals surface area contributed by atoms with Gasteiger partial charge in [0.25, 0.3) is 0 Å². The van der Waals surface area contributed by atoms with E-state index < -0.39 is 23.7 Å². The summed E-state index contributed by atoms with van der Waals surface area (Å²) >= 11 is 3.31. The van der Waals surface area contributed by atoms with Gasteiger partial charge in [0.15, 0.2) is 0 Å². The maximum Gasteiger partial charge on any atom is 0.408 e. The van der Waals surface area contributed by atoms with Crippen LogP contribution in [0.2, 0.25) is 0 Å². The molecule has 1 amide bonds. The predicted molar refractivity (Wildman–Crippen MR) is 80.7 cm³/mol. The number of amides is 1. The fraction of sp³-hybridized carbons (Fsp3) is 0.500. The molecule has 0 saturated carbocycles. The van der Waals surface area contributed by atoms with Crippen molar-refractivity contribution in [2.24, 2.45) is 0 Å². The zero-order chi connectivity index (χ0) is 16.0. The molecule has 0 unspecified atom stereocenters. The van der Waals surface area contributed by atoms with E-state index in [1.54, 1.807) is 39.2 Å². The Morgan fingerprint density at radius 1 is 1.38 bits per heavy atom. The first-order valence-corrected chi connectivity index (χ1v) is 7.17. The molecule has 0 aliphatic rings. The number of esters is 1. The highest BCUT2D eigenvalue weighted by atomic mass is 79.9. The van der Waals surface area contributed by atoms with Crippen molar-refractivity contribution in [1.82, 2.24) is 10.3 Å². The van der Waals surface area contributed by atoms with E-state index in [2.05, 4.69) is 31.0 Å². The zero-order valence-corrected chi connectivity index (χ0v) is 14.1. The van der Waals surface area contributed by atoms with Crippen LogP contribution in [0.5, 0.6) is 0 Å². The number of hydrogen-bond donors (Lipinski definition) is 1. The van der Waals surface area contributed by atoms with Crippen molar-refractivity contribution in [3.8, 4) is 0 Å². The SMILES string of the molecule is COC(=O)C[C@@H](NC(=O)OC(C)(C)C)c1cncc(Br)c1. The second-order valence-electron chi connectivity index (χ2n) is 5.42. The third kappa shape index (κ3) is 6.57. The summed E-state index contributed by atoms with van der Waals surface area (Å²) in [5, 5.41) is 2.66. The van der Waals surface area contributed by atoms with Crippen LogP contribution in [0.1, 0.15) is 38.8 Å². The van der Waals surface area contributed by atoms with Crippen molar-refractivity contribution in [2.45, 2.75) is 38.8 Å². The van der Waals surface area contributed by atoms with Crippen LogP contribution >= 0.6 is 15.9 Å². The summed E-state index contributed by atoms with van der Waals surface area (Å²) in [5.41, 5.74) is 0.0655. The molecule has 0 fully saturated rings. The minimum atomic E-state index is -0.616. The van der Waals surface area contributed by atoms with Gasteiger partial charge in [0.05, 0.1) is 19.6 Å². The van der Waals surface area contributed by atoms with Gasteiger partial charge >= 0.3 is 12.1 Å². The van der Waals surface area contributed by atoms with Crippen LogP contribution in [0, 0.1) is 0 Å². The highest BCUT2D eigenvalue weighted by molar-refractivity contribution is 9.10. The molecule has 0 aliphatic heterocycles. The number of pyridine rings is 1. The maximum absolute atomic E-state index is 11.9. The van der Waals surface area contributed by atoms with Gasteiger partial charge in [-0.2, -0.15) is 0 Å². The highest BCUT2D eigenvalue weighted by Crippen LogP contribution is 2.21. The molecule has 1 N–H and O–H groups in total. The Balaban J connectivity index is 2.87. The smallest absolute Gasteiger partial charge is 0.408 e. The standard InChI is InChI=1S/C14H19BrN2O4/c1-14(2,3)21-13(19)17-11(6-12(18)20-4)9-5-10(15)8-16-7-9/h5,7-8,11H,6H2,1-4H3,(H,17,19)/t11-/m1/s1. The van der Waals surface area contributed by atoms with Crippen molar-refractivity contribution in [3.05, 3.63) is 28.5 Å². The molecule has 0 aromatic carbocycles. The molecular formula is C14H19BrN2O4. The highest BCUT2D eigenvalue weighted by Gasteiger charge is 2.23. The summed E-state index contributed by atoms with van der Waals surface area (Å²) in [7, 11) is 1.30. The number of ether oxygens (including phenoxy) is 2. The molecule has 0 saturated heterocycles. The van der Waals surface area contributed by atoms with E-state index in [0.717, 1.165) is 4.47 Å². The van der Waals surface area contributed by atoms with E-state index in [4.69, 9.17) is 4.74 Å². The number of nitrogens with one attached hydrogen (secondary N) is 1. The summed E-state index contributed by atoms with van der Waals surface area (Å²) in [6.07, 6.45) is 2.59. The molecular weight excluding hydrogens is 340 g/mol. The van der Waals surface area contributed by atoms with Crippen molar-refractivity contribution in [2.75, 3.05) is 7.11 Å². The molecule has 21 heavy (non-hydrogen) atoms. The number of halogens is 1. The Labute approximate surface area is 132 Å². The minimum absolute atomic E-state index is 0.00608. The third-order valence-electron chi connectivity index (χ3n) is 2.42. The van der Waals surface area contributed by atoms with E-state index in [-0.39, 0.29) is 6.42 Å². The van der Waals surface area contributed by atoms with Crippen LogP contribution in [-0.2, 0) is 14.3 Å². The number of rotatable bonds is 4. The largest absolute Gasteiger partial charge is 0.469 e. The molecule has 6 nitrogen and oxygen atoms in total. The Hall–Kier alpha value is -1.63. The van der Waals surface area contributed by atoms with Crippen LogP contribution in [0.15, 0.2) is 22.9 Å². The first-order chi connectivity index (χ1) is 9.71. The maximum atomic E-state index is 11.9. The van der Waals surface area contributed by atoms with Crippen LogP contribution < -0.4 is 5.32 Å². The van der Waals surface area contributed by atoms with E-state index in [0.29, 0.717) is 5.56 Å². The average Bonchev–Trinajstić information content (AvgIpc) is 2.35. The summed E-state index contributed by atoms with van der Waals surface area (Å²) in [6, 6.07) is 1.20. The van der Waals surface area contributed by atoms with Crippen molar-refractivity contribution < 1.29 is 19.1 Å². The van der Waals surface area contributed by atoms with Gasteiger partial charge < -0.3 is 14.8 Å². The molecule has 1 aromatic heterocycles. The lowest BCUT2D eigenvalue weighted by atomic mass is 10.1. The summed E-state index contributed by atoms with van der Waals surface area (Å²) in [4.78, 5) is 27.4. The molecule has 7 heteroatoms. The molecule has 0 spiro atoms. The number of carbonyl (C=O) groups is 2. The lowest BCUT2D eigenvalue weighted by molar-refractivity contribution is -0.141. The minimum Gasteiger partial charge on any atom is -0.469 e. The van der Waals surface area contributed by atoms with E-state index in [9.17, 15) is 9.59 Å². The van der Waals surface area contributed by atoms with Gasteiger partial charge in [-0.05, 0) is 48.3 Å². The Kier molecular flexibility index (Phi) is 6.14. The summed E-state index contributed by atoms with van der Waals surface area (Å²) in [6.45, 7) is 5.30. The number of methoxy groups -OCH3 is 1. The van der Waals surface area contributed by atoms with Gasteiger partial charge in [-0.1, -0.05) is 0 Å². The fourth-order valence-corrected chi connectivity index (χ4v) is 1.95. The molecule has 1 rings (SSSR count). The van der Waals surface area contributed by atoms with Crippen LogP contribution in [0.3, 0.4) is 0 Å². The van der Waals surface area contributed by atoms with Crippen LogP contribution in [0.25, 0.3) is 0 Å². The molecule has 1 aromatic rings. The molecule has 1 heterocycles. The topological polar surface area (TPSA) is 77.5 Å². The molecule has 116 valence electrons. The van der Waals surface area contributed by atoms with E-state index in [1.807, 2.05) is 0 Å². The van der Waals surface area contributed by atoms with E-state index in [1.165, 1.54) is 7.11 Å². The van der Waals surface area contributed by atoms with Gasteiger partial charge in [-0.25, -0.2) is 4.79 Å². The lowest BCUT2D eigenvalue weighted by Crippen LogP contribution is -2.36. The Bertz CT molecular complexity index is 514. The Morgan fingerprint density at radius 2 is 2.05 bits per heavy atom. The van der Waals surface area contributed by atoms with Crippen molar-refractivity contribution >= 4 is 28.0 Å². The number of aromatic nitrogens is 1. The summed E-state index contributed by atoms with van der Waals surface area (Å²) in [5.74, 6) is -0.434. The molecule has 0 bridgehead atoms. The van der Waals surface area contributed by atoms with Gasteiger partial charge in [0, 0.05) is 16.9 Å². The molecule has 0 radical (unpaired) electrons. The van der Waals surface area contributed by atoms with Crippen molar-refractivity contribution in [1.29, 1.82) is 0 Å². The number of hydrogen-bond acceptors (Lipinski definition) is 5. The first-order valence-electron chi connectivity index (χ1n) is 6.38. The number of carbonyl (C=O) groups excluding carboxylic acids is 2. The van der Waals surface area contributed by atoms with Gasteiger partial charge in [-0.15, -0.1) is 0 Å². The monoisotopic (exact) mass is 358 g/mol. The van der Waals surface area contributed by atoms with Gasteiger partial charge in [0.1, 0.15) is 5.60 Å². The predicted octanol–water partition coefficient (Wildman–Crippen LogP) is 2.97. The van der Waals surface area contributed by atoms with Crippen LogP contribution in [0.4, 0.5) is 4.79 Å². The summed E-state index contributed by atoms with van der Waals surface area (Å²) < 4.78 is 10.6. The van der Waals surface area contributed by atoms with Crippen LogP contribution in [-0.4, -0.2) is 29.8 Å².